The number of pyridine rings is 1. The van der Waals surface area contributed by atoms with E-state index in [0.717, 1.165) is 12.1 Å². The molecule has 7 heteroatoms. The van der Waals surface area contributed by atoms with E-state index in [1.54, 1.807) is 6.92 Å². The fourth-order valence-corrected chi connectivity index (χ4v) is 3.42. The minimum atomic E-state index is -4.60. The first kappa shape index (κ1) is 16.5. The maximum Gasteiger partial charge on any atom is 0.402 e. The summed E-state index contributed by atoms with van der Waals surface area (Å²) in [5, 5.41) is 2.92. The van der Waals surface area contributed by atoms with Crippen molar-refractivity contribution in [3.8, 4) is 5.88 Å². The van der Waals surface area contributed by atoms with Gasteiger partial charge in [-0.3, -0.25) is 0 Å². The molecule has 0 amide bonds. The van der Waals surface area contributed by atoms with Gasteiger partial charge in [0.15, 0.2) is 0 Å². The number of fused-ring (bicyclic) bond motifs is 2. The predicted octanol–water partition coefficient (Wildman–Crippen LogP) is 4.93. The van der Waals surface area contributed by atoms with E-state index >= 15 is 0 Å². The van der Waals surface area contributed by atoms with Gasteiger partial charge in [0.25, 0.3) is 0 Å². The van der Waals surface area contributed by atoms with Gasteiger partial charge in [-0.15, -0.1) is 0 Å². The number of anilines is 2. The van der Waals surface area contributed by atoms with E-state index < -0.39 is 17.4 Å². The highest BCUT2D eigenvalue weighted by Gasteiger charge is 2.60. The molecule has 3 nitrogen and oxygen atoms in total. The Kier molecular flexibility index (Phi) is 3.89. The summed E-state index contributed by atoms with van der Waals surface area (Å²) >= 11 is 0. The maximum absolute atomic E-state index is 14.3. The third-order valence-electron chi connectivity index (χ3n) is 4.38. The SMILES string of the molecule is CCCC1(C(F)(F)F)c2cc(F)ccc2Nc2c1ccnc2OC. The average molecular weight is 340 g/mol. The van der Waals surface area contributed by atoms with E-state index in [1.807, 2.05) is 0 Å². The van der Waals surface area contributed by atoms with Crippen molar-refractivity contribution in [1.29, 1.82) is 0 Å². The Morgan fingerprint density at radius 1 is 1.21 bits per heavy atom. The number of methoxy groups -OCH3 is 1. The van der Waals surface area contributed by atoms with Gasteiger partial charge in [-0.25, -0.2) is 9.37 Å². The molecule has 1 aliphatic rings. The molecule has 0 bridgehead atoms. The van der Waals surface area contributed by atoms with Crippen LogP contribution >= 0.6 is 0 Å². The van der Waals surface area contributed by atoms with Crippen LogP contribution in [-0.4, -0.2) is 18.3 Å². The second-order valence-corrected chi connectivity index (χ2v) is 5.71. The van der Waals surface area contributed by atoms with E-state index in [-0.39, 0.29) is 41.2 Å². The van der Waals surface area contributed by atoms with Crippen molar-refractivity contribution in [3.05, 3.63) is 47.4 Å². The second kappa shape index (κ2) is 5.65. The van der Waals surface area contributed by atoms with E-state index in [0.29, 0.717) is 0 Å². The zero-order chi connectivity index (χ0) is 17.5. The van der Waals surface area contributed by atoms with Gasteiger partial charge in [-0.2, -0.15) is 13.2 Å². The van der Waals surface area contributed by atoms with Crippen LogP contribution in [0.15, 0.2) is 30.5 Å². The first-order valence-electron chi connectivity index (χ1n) is 7.52. The van der Waals surface area contributed by atoms with E-state index in [4.69, 9.17) is 4.74 Å². The Balaban J connectivity index is 2.41. The molecule has 1 aliphatic heterocycles. The average Bonchev–Trinajstić information content (AvgIpc) is 2.53. The van der Waals surface area contributed by atoms with Gasteiger partial charge in [-0.1, -0.05) is 13.3 Å². The first-order valence-corrected chi connectivity index (χ1v) is 7.52. The number of halogens is 4. The molecule has 0 spiro atoms. The molecule has 0 saturated heterocycles. The molecule has 24 heavy (non-hydrogen) atoms. The Morgan fingerprint density at radius 3 is 2.58 bits per heavy atom. The van der Waals surface area contributed by atoms with Gasteiger partial charge >= 0.3 is 6.18 Å². The van der Waals surface area contributed by atoms with Crippen LogP contribution in [0, 0.1) is 5.82 Å². The molecule has 0 radical (unpaired) electrons. The first-order chi connectivity index (χ1) is 11.3. The lowest BCUT2D eigenvalue weighted by Crippen LogP contribution is -2.46. The fourth-order valence-electron chi connectivity index (χ4n) is 3.42. The molecule has 0 saturated carbocycles. The van der Waals surface area contributed by atoms with Gasteiger partial charge in [-0.05, 0) is 36.2 Å². The summed E-state index contributed by atoms with van der Waals surface area (Å²) in [7, 11) is 1.35. The monoisotopic (exact) mass is 340 g/mol. The highest BCUT2D eigenvalue weighted by Crippen LogP contribution is 2.57. The molecule has 2 aromatic rings. The number of nitrogens with zero attached hydrogens (tertiary/aromatic N) is 1. The second-order valence-electron chi connectivity index (χ2n) is 5.71. The van der Waals surface area contributed by atoms with Crippen LogP contribution in [0.25, 0.3) is 0 Å². The molecular formula is C17H16F4N2O. The van der Waals surface area contributed by atoms with Crippen LogP contribution in [0.4, 0.5) is 28.9 Å². The Hall–Kier alpha value is -2.31. The van der Waals surface area contributed by atoms with Gasteiger partial charge in [0.05, 0.1) is 7.11 Å². The lowest BCUT2D eigenvalue weighted by Gasteiger charge is -2.42. The van der Waals surface area contributed by atoms with E-state index in [2.05, 4.69) is 10.3 Å². The lowest BCUT2D eigenvalue weighted by molar-refractivity contribution is -0.180. The molecule has 0 fully saturated rings. The van der Waals surface area contributed by atoms with Gasteiger partial charge in [0.2, 0.25) is 5.88 Å². The highest BCUT2D eigenvalue weighted by molar-refractivity contribution is 5.79. The maximum atomic E-state index is 14.3. The van der Waals surface area contributed by atoms with Crippen LogP contribution in [-0.2, 0) is 5.41 Å². The molecule has 1 unspecified atom stereocenters. The number of rotatable bonds is 3. The number of hydrogen-bond acceptors (Lipinski definition) is 3. The molecule has 1 N–H and O–H groups in total. The molecule has 3 rings (SSSR count). The minimum Gasteiger partial charge on any atom is -0.480 e. The quantitative estimate of drug-likeness (QED) is 0.804. The van der Waals surface area contributed by atoms with Crippen molar-refractivity contribution < 1.29 is 22.3 Å². The number of alkyl halides is 3. The van der Waals surface area contributed by atoms with E-state index in [9.17, 15) is 17.6 Å². The Morgan fingerprint density at radius 2 is 1.96 bits per heavy atom. The molecular weight excluding hydrogens is 324 g/mol. The molecule has 128 valence electrons. The van der Waals surface area contributed by atoms with Crippen LogP contribution in [0.5, 0.6) is 5.88 Å². The number of hydrogen-bond donors (Lipinski definition) is 1. The molecule has 1 aromatic heterocycles. The lowest BCUT2D eigenvalue weighted by atomic mass is 9.68. The fraction of sp³-hybridized carbons (Fsp3) is 0.353. The number of nitrogens with one attached hydrogen (secondary N) is 1. The van der Waals surface area contributed by atoms with Crippen molar-refractivity contribution in [2.45, 2.75) is 31.4 Å². The molecule has 0 aliphatic carbocycles. The Bertz CT molecular complexity index is 776. The van der Waals surface area contributed by atoms with Crippen molar-refractivity contribution >= 4 is 11.4 Å². The standard InChI is InChI=1S/C17H16F4N2O/c1-3-7-16(17(19,20)21)11-6-8-22-15(24-2)14(11)23-13-5-4-10(18)9-12(13)16/h4-6,8-9,23H,3,7H2,1-2H3. The summed E-state index contributed by atoms with van der Waals surface area (Å²) in [4.78, 5) is 3.98. The van der Waals surface area contributed by atoms with Gasteiger partial charge < -0.3 is 10.1 Å². The summed E-state index contributed by atoms with van der Waals surface area (Å²) in [6.07, 6.45) is -3.25. The predicted molar refractivity (Wildman–Crippen MR) is 82.2 cm³/mol. The summed E-state index contributed by atoms with van der Waals surface area (Å²) in [6.45, 7) is 1.67. The number of aromatic nitrogens is 1. The Labute approximate surface area is 136 Å². The van der Waals surface area contributed by atoms with Crippen molar-refractivity contribution in [2.75, 3.05) is 12.4 Å². The van der Waals surface area contributed by atoms with Crippen LogP contribution in [0.2, 0.25) is 0 Å². The van der Waals surface area contributed by atoms with Gasteiger partial charge in [0, 0.05) is 17.4 Å². The minimum absolute atomic E-state index is 0.00167. The molecule has 2 heterocycles. The number of ether oxygens (including phenoxy) is 1. The van der Waals surface area contributed by atoms with E-state index in [1.165, 1.54) is 25.4 Å². The largest absolute Gasteiger partial charge is 0.480 e. The normalized spacial score (nSPS) is 19.2. The topological polar surface area (TPSA) is 34.2 Å². The van der Waals surface area contributed by atoms with Crippen LogP contribution in [0.1, 0.15) is 30.9 Å². The number of benzene rings is 1. The third-order valence-corrected chi connectivity index (χ3v) is 4.38. The molecule has 1 atom stereocenters. The van der Waals surface area contributed by atoms with Crippen molar-refractivity contribution in [2.24, 2.45) is 0 Å². The van der Waals surface area contributed by atoms with Crippen molar-refractivity contribution in [3.63, 3.8) is 0 Å². The van der Waals surface area contributed by atoms with Crippen LogP contribution in [0.3, 0.4) is 0 Å². The molecule has 1 aromatic carbocycles. The van der Waals surface area contributed by atoms with Gasteiger partial charge in [0.1, 0.15) is 16.9 Å². The summed E-state index contributed by atoms with van der Waals surface area (Å²) < 4.78 is 61.8. The highest BCUT2D eigenvalue weighted by atomic mass is 19.4. The summed E-state index contributed by atoms with van der Waals surface area (Å²) in [6, 6.07) is 4.73. The zero-order valence-electron chi connectivity index (χ0n) is 13.2. The summed E-state index contributed by atoms with van der Waals surface area (Å²) in [5.41, 5.74) is -2.04. The zero-order valence-corrected chi connectivity index (χ0v) is 13.2. The smallest absolute Gasteiger partial charge is 0.402 e. The summed E-state index contributed by atoms with van der Waals surface area (Å²) in [5.74, 6) is -0.628. The third kappa shape index (κ3) is 2.22. The van der Waals surface area contributed by atoms with Crippen LogP contribution < -0.4 is 10.1 Å². The van der Waals surface area contributed by atoms with Crippen molar-refractivity contribution in [1.82, 2.24) is 4.98 Å².